The lowest BCUT2D eigenvalue weighted by atomic mass is 10.0. The number of methoxy groups -OCH3 is 2. The first-order valence-electron chi connectivity index (χ1n) is 7.74. The predicted molar refractivity (Wildman–Crippen MR) is 96.9 cm³/mol. The third kappa shape index (κ3) is 4.61. The SMILES string of the molecule is COc1ccc(C(=O)C/C(=C\c2ccc(O)c(OC)c2)C(=O)NN)cc1. The monoisotopic (exact) mass is 356 g/mol. The molecule has 136 valence electrons. The molecule has 2 aromatic rings. The van der Waals surface area contributed by atoms with Crippen LogP contribution in [0.5, 0.6) is 17.2 Å². The molecule has 0 atom stereocenters. The minimum atomic E-state index is -0.570. The zero-order valence-corrected chi connectivity index (χ0v) is 14.5. The number of phenolic OH excluding ortho intramolecular Hbond substituents is 1. The Kier molecular flexibility index (Phi) is 6.35. The van der Waals surface area contributed by atoms with Crippen molar-refractivity contribution in [1.29, 1.82) is 0 Å². The van der Waals surface area contributed by atoms with Crippen LogP contribution in [0.25, 0.3) is 6.08 Å². The van der Waals surface area contributed by atoms with Gasteiger partial charge in [0.1, 0.15) is 5.75 Å². The van der Waals surface area contributed by atoms with Crippen LogP contribution in [0.1, 0.15) is 22.3 Å². The quantitative estimate of drug-likeness (QED) is 0.230. The average molecular weight is 356 g/mol. The molecule has 0 saturated heterocycles. The molecule has 1 amide bonds. The zero-order valence-electron chi connectivity index (χ0n) is 14.5. The minimum absolute atomic E-state index is 0.0243. The second-order valence-electron chi connectivity index (χ2n) is 5.40. The van der Waals surface area contributed by atoms with Gasteiger partial charge in [-0.05, 0) is 48.0 Å². The number of ketones is 1. The number of Topliss-reactive ketones (excluding diaryl/α,β-unsaturated/α-hetero) is 1. The molecule has 0 unspecified atom stereocenters. The number of carbonyl (C=O) groups is 2. The number of nitrogens with two attached hydrogens (primary N) is 1. The van der Waals surface area contributed by atoms with Crippen molar-refractivity contribution in [2.75, 3.05) is 14.2 Å². The molecule has 2 aromatic carbocycles. The Bertz CT molecular complexity index is 828. The molecule has 0 heterocycles. The van der Waals surface area contributed by atoms with Gasteiger partial charge in [-0.25, -0.2) is 5.84 Å². The van der Waals surface area contributed by atoms with Crippen LogP contribution in [-0.2, 0) is 4.79 Å². The second kappa shape index (κ2) is 8.68. The molecule has 0 aliphatic rings. The Morgan fingerprint density at radius 2 is 1.81 bits per heavy atom. The molecule has 7 nitrogen and oxygen atoms in total. The lowest BCUT2D eigenvalue weighted by molar-refractivity contribution is -0.117. The van der Waals surface area contributed by atoms with E-state index >= 15 is 0 Å². The van der Waals surface area contributed by atoms with Crippen molar-refractivity contribution in [3.63, 3.8) is 0 Å². The maximum Gasteiger partial charge on any atom is 0.261 e. The summed E-state index contributed by atoms with van der Waals surface area (Å²) in [4.78, 5) is 24.5. The van der Waals surface area contributed by atoms with Crippen molar-refractivity contribution < 1.29 is 24.2 Å². The maximum absolute atomic E-state index is 12.5. The molecule has 0 bridgehead atoms. The van der Waals surface area contributed by atoms with E-state index in [4.69, 9.17) is 15.3 Å². The number of hydrogen-bond acceptors (Lipinski definition) is 6. The summed E-state index contributed by atoms with van der Waals surface area (Å²) in [7, 11) is 2.96. The fourth-order valence-electron chi connectivity index (χ4n) is 2.33. The fourth-order valence-corrected chi connectivity index (χ4v) is 2.33. The molecule has 0 aliphatic heterocycles. The number of hydrazine groups is 1. The van der Waals surface area contributed by atoms with E-state index in [2.05, 4.69) is 0 Å². The first-order chi connectivity index (χ1) is 12.5. The number of benzene rings is 2. The summed E-state index contributed by atoms with van der Waals surface area (Å²) >= 11 is 0. The van der Waals surface area contributed by atoms with Gasteiger partial charge in [0.15, 0.2) is 17.3 Å². The van der Waals surface area contributed by atoms with Crippen LogP contribution in [0.4, 0.5) is 0 Å². The number of nitrogens with one attached hydrogen (secondary N) is 1. The third-order valence-electron chi connectivity index (χ3n) is 3.73. The molecule has 0 aromatic heterocycles. The summed E-state index contributed by atoms with van der Waals surface area (Å²) in [6.07, 6.45) is 1.38. The van der Waals surface area contributed by atoms with E-state index in [0.717, 1.165) is 0 Å². The fraction of sp³-hybridized carbons (Fsp3) is 0.158. The smallest absolute Gasteiger partial charge is 0.261 e. The molecule has 0 saturated carbocycles. The van der Waals surface area contributed by atoms with Crippen molar-refractivity contribution in [2.45, 2.75) is 6.42 Å². The Hall–Kier alpha value is -3.32. The van der Waals surface area contributed by atoms with Crippen molar-refractivity contribution in [1.82, 2.24) is 5.43 Å². The molecule has 2 rings (SSSR count). The second-order valence-corrected chi connectivity index (χ2v) is 5.40. The number of ether oxygens (including phenoxy) is 2. The first-order valence-corrected chi connectivity index (χ1v) is 7.74. The van der Waals surface area contributed by atoms with Gasteiger partial charge >= 0.3 is 0 Å². The van der Waals surface area contributed by atoms with Crippen LogP contribution in [0.15, 0.2) is 48.0 Å². The normalized spacial score (nSPS) is 11.0. The van der Waals surface area contributed by atoms with Gasteiger partial charge in [-0.3, -0.25) is 15.0 Å². The highest BCUT2D eigenvalue weighted by atomic mass is 16.5. The number of hydrogen-bond donors (Lipinski definition) is 3. The van der Waals surface area contributed by atoms with E-state index in [1.807, 2.05) is 5.43 Å². The summed E-state index contributed by atoms with van der Waals surface area (Å²) in [5, 5.41) is 9.65. The average Bonchev–Trinajstić information content (AvgIpc) is 2.68. The van der Waals surface area contributed by atoms with Gasteiger partial charge in [-0.15, -0.1) is 0 Å². The van der Waals surface area contributed by atoms with Gasteiger partial charge < -0.3 is 14.6 Å². The maximum atomic E-state index is 12.5. The molecular weight excluding hydrogens is 336 g/mol. The summed E-state index contributed by atoms with van der Waals surface area (Å²) in [5.74, 6) is 5.28. The van der Waals surface area contributed by atoms with Crippen molar-refractivity contribution >= 4 is 17.8 Å². The van der Waals surface area contributed by atoms with Gasteiger partial charge in [0, 0.05) is 17.6 Å². The standard InChI is InChI=1S/C19H20N2O5/c1-25-15-6-4-13(5-7-15)17(23)11-14(19(24)21-20)9-12-3-8-16(22)18(10-12)26-2/h3-10,22H,11,20H2,1-2H3,(H,21,24)/b14-9+. The van der Waals surface area contributed by atoms with Crippen molar-refractivity contribution in [3.05, 3.63) is 59.2 Å². The number of rotatable bonds is 7. The lowest BCUT2D eigenvalue weighted by Gasteiger charge is -2.08. The van der Waals surface area contributed by atoms with Crippen LogP contribution in [0.2, 0.25) is 0 Å². The third-order valence-corrected chi connectivity index (χ3v) is 3.73. The number of phenols is 1. The molecule has 0 aliphatic carbocycles. The Morgan fingerprint density at radius 3 is 2.38 bits per heavy atom. The van der Waals surface area contributed by atoms with Crippen LogP contribution in [0.3, 0.4) is 0 Å². The van der Waals surface area contributed by atoms with Crippen LogP contribution in [0, 0.1) is 0 Å². The summed E-state index contributed by atoms with van der Waals surface area (Å²) in [5.41, 5.74) is 3.25. The molecule has 7 heteroatoms. The van der Waals surface area contributed by atoms with E-state index in [9.17, 15) is 14.7 Å². The highest BCUT2D eigenvalue weighted by Crippen LogP contribution is 2.27. The predicted octanol–water partition coefficient (Wildman–Crippen LogP) is 2.06. The van der Waals surface area contributed by atoms with E-state index in [0.29, 0.717) is 16.9 Å². The number of carbonyl (C=O) groups excluding carboxylic acids is 2. The van der Waals surface area contributed by atoms with Gasteiger partial charge in [0.05, 0.1) is 14.2 Å². The zero-order chi connectivity index (χ0) is 19.1. The van der Waals surface area contributed by atoms with Crippen molar-refractivity contribution in [3.8, 4) is 17.2 Å². The summed E-state index contributed by atoms with van der Waals surface area (Å²) in [6, 6.07) is 11.2. The molecule has 0 spiro atoms. The highest BCUT2D eigenvalue weighted by Gasteiger charge is 2.15. The number of amides is 1. The van der Waals surface area contributed by atoms with E-state index in [1.54, 1.807) is 36.4 Å². The van der Waals surface area contributed by atoms with Crippen LogP contribution >= 0.6 is 0 Å². The van der Waals surface area contributed by atoms with Gasteiger partial charge in [-0.1, -0.05) is 6.07 Å². The molecule has 0 fully saturated rings. The summed E-state index contributed by atoms with van der Waals surface area (Å²) in [6.45, 7) is 0. The molecule has 26 heavy (non-hydrogen) atoms. The van der Waals surface area contributed by atoms with E-state index in [-0.39, 0.29) is 29.3 Å². The Morgan fingerprint density at radius 1 is 1.12 bits per heavy atom. The lowest BCUT2D eigenvalue weighted by Crippen LogP contribution is -2.32. The Labute approximate surface area is 151 Å². The Balaban J connectivity index is 2.29. The van der Waals surface area contributed by atoms with Crippen LogP contribution in [-0.4, -0.2) is 31.0 Å². The highest BCUT2D eigenvalue weighted by molar-refractivity contribution is 6.07. The van der Waals surface area contributed by atoms with Gasteiger partial charge in [-0.2, -0.15) is 0 Å². The van der Waals surface area contributed by atoms with Gasteiger partial charge in [0.2, 0.25) is 0 Å². The molecule has 4 N–H and O–H groups in total. The largest absolute Gasteiger partial charge is 0.504 e. The van der Waals surface area contributed by atoms with Gasteiger partial charge in [0.25, 0.3) is 5.91 Å². The molecular formula is C19H20N2O5. The number of aromatic hydroxyl groups is 1. The summed E-state index contributed by atoms with van der Waals surface area (Å²) < 4.78 is 10.1. The topological polar surface area (TPSA) is 111 Å². The van der Waals surface area contributed by atoms with Crippen molar-refractivity contribution in [2.24, 2.45) is 5.84 Å². The first kappa shape index (κ1) is 19.0. The molecule has 0 radical (unpaired) electrons. The van der Waals surface area contributed by atoms with Crippen LogP contribution < -0.4 is 20.7 Å². The van der Waals surface area contributed by atoms with E-state index in [1.165, 1.54) is 26.4 Å². The van der Waals surface area contributed by atoms with E-state index < -0.39 is 5.91 Å². The minimum Gasteiger partial charge on any atom is -0.504 e.